The van der Waals surface area contributed by atoms with E-state index in [1.54, 1.807) is 24.3 Å². The van der Waals surface area contributed by atoms with Crippen LogP contribution in [0.4, 0.5) is 0 Å². The lowest BCUT2D eigenvalue weighted by Crippen LogP contribution is -2.22. The number of carbonyl (C=O) groups excluding carboxylic acids is 1. The highest BCUT2D eigenvalue weighted by molar-refractivity contribution is 6.02. The van der Waals surface area contributed by atoms with Crippen LogP contribution in [0.1, 0.15) is 23.7 Å². The molecule has 3 aromatic rings. The summed E-state index contributed by atoms with van der Waals surface area (Å²) in [5, 5.41) is 12.0. The van der Waals surface area contributed by atoms with Crippen molar-refractivity contribution in [3.63, 3.8) is 0 Å². The summed E-state index contributed by atoms with van der Waals surface area (Å²) in [7, 11) is 0. The Morgan fingerprint density at radius 1 is 1.13 bits per heavy atom. The van der Waals surface area contributed by atoms with Gasteiger partial charge >= 0.3 is 0 Å². The van der Waals surface area contributed by atoms with Crippen LogP contribution in [-0.4, -0.2) is 17.6 Å². The van der Waals surface area contributed by atoms with E-state index in [-0.39, 0.29) is 5.56 Å². The summed E-state index contributed by atoms with van der Waals surface area (Å²) in [5.74, 6) is -0.413. The van der Waals surface area contributed by atoms with Gasteiger partial charge in [0.25, 0.3) is 0 Å². The second-order valence-corrected chi connectivity index (χ2v) is 5.23. The molecule has 1 aromatic heterocycles. The van der Waals surface area contributed by atoms with Crippen LogP contribution in [-0.2, 0) is 0 Å². The molecule has 0 spiro atoms. The first-order valence-electron chi connectivity index (χ1n) is 7.53. The van der Waals surface area contributed by atoms with Gasteiger partial charge in [-0.3, -0.25) is 0 Å². The lowest BCUT2D eigenvalue weighted by atomic mass is 10.0. The number of benzene rings is 2. The van der Waals surface area contributed by atoms with Crippen LogP contribution >= 0.6 is 0 Å². The summed E-state index contributed by atoms with van der Waals surface area (Å²) < 4.78 is 5.55. The highest BCUT2D eigenvalue weighted by Crippen LogP contribution is 2.26. The van der Waals surface area contributed by atoms with Gasteiger partial charge in [0, 0.05) is 16.5 Å². The molecule has 0 radical (unpaired) electrons. The van der Waals surface area contributed by atoms with Crippen LogP contribution in [0.3, 0.4) is 0 Å². The number of hydrogen-bond acceptors (Lipinski definition) is 4. The molecule has 1 heterocycles. The largest absolute Gasteiger partial charge is 0.545 e. The van der Waals surface area contributed by atoms with Gasteiger partial charge in [-0.15, -0.1) is 0 Å². The molecule has 4 heteroatoms. The van der Waals surface area contributed by atoms with E-state index in [9.17, 15) is 9.90 Å². The number of rotatable bonds is 5. The maximum absolute atomic E-state index is 11.4. The van der Waals surface area contributed by atoms with Crippen LogP contribution in [0.5, 0.6) is 5.75 Å². The third-order valence-corrected chi connectivity index (χ3v) is 3.56. The smallest absolute Gasteiger partial charge is 0.119 e. The van der Waals surface area contributed by atoms with Crippen molar-refractivity contribution < 1.29 is 14.6 Å². The first-order valence-corrected chi connectivity index (χ1v) is 7.53. The summed E-state index contributed by atoms with van der Waals surface area (Å²) in [6.07, 6.45) is 0.947. The van der Waals surface area contributed by atoms with Gasteiger partial charge < -0.3 is 14.6 Å². The lowest BCUT2D eigenvalue weighted by Gasteiger charge is -2.11. The molecule has 4 nitrogen and oxygen atoms in total. The molecule has 0 amide bonds. The number of aromatic carboxylic acids is 1. The Morgan fingerprint density at radius 3 is 2.57 bits per heavy atom. The van der Waals surface area contributed by atoms with E-state index in [1.807, 2.05) is 30.3 Å². The first-order chi connectivity index (χ1) is 11.2. The maximum Gasteiger partial charge on any atom is 0.119 e. The van der Waals surface area contributed by atoms with E-state index in [1.165, 1.54) is 0 Å². The number of nitrogens with zero attached hydrogens (tertiary/aromatic N) is 1. The van der Waals surface area contributed by atoms with Gasteiger partial charge in [-0.2, -0.15) is 0 Å². The molecule has 0 saturated heterocycles. The zero-order valence-electron chi connectivity index (χ0n) is 12.8. The van der Waals surface area contributed by atoms with Crippen molar-refractivity contribution in [3.05, 3.63) is 60.2 Å². The molecule has 0 aliphatic heterocycles. The molecule has 23 heavy (non-hydrogen) atoms. The Bertz CT molecular complexity index is 841. The van der Waals surface area contributed by atoms with Gasteiger partial charge in [-0.05, 0) is 42.8 Å². The minimum absolute atomic E-state index is 0.150. The predicted octanol–water partition coefficient (Wildman–Crippen LogP) is 3.05. The van der Waals surface area contributed by atoms with Crippen LogP contribution in [0.2, 0.25) is 0 Å². The van der Waals surface area contributed by atoms with Crippen molar-refractivity contribution in [2.45, 2.75) is 13.3 Å². The fourth-order valence-corrected chi connectivity index (χ4v) is 2.43. The molecule has 0 bridgehead atoms. The number of aromatic nitrogens is 1. The zero-order valence-corrected chi connectivity index (χ0v) is 12.8. The van der Waals surface area contributed by atoms with Crippen molar-refractivity contribution in [2.24, 2.45) is 0 Å². The Kier molecular flexibility index (Phi) is 4.24. The second-order valence-electron chi connectivity index (χ2n) is 5.23. The minimum atomic E-state index is -1.20. The van der Waals surface area contributed by atoms with Crippen molar-refractivity contribution in [3.8, 4) is 17.0 Å². The Balaban J connectivity index is 2.04. The van der Waals surface area contributed by atoms with Gasteiger partial charge in [-0.1, -0.05) is 25.1 Å². The van der Waals surface area contributed by atoms with E-state index >= 15 is 0 Å². The second kappa shape index (κ2) is 6.48. The summed E-state index contributed by atoms with van der Waals surface area (Å²) in [4.78, 5) is 16.0. The average molecular weight is 306 g/mol. The van der Waals surface area contributed by atoms with E-state index in [4.69, 9.17) is 4.74 Å². The number of carboxylic acids is 1. The third kappa shape index (κ3) is 3.16. The molecule has 0 fully saturated rings. The number of para-hydroxylation sites is 1. The lowest BCUT2D eigenvalue weighted by molar-refractivity contribution is -0.254. The van der Waals surface area contributed by atoms with E-state index in [0.29, 0.717) is 23.2 Å². The number of carbonyl (C=O) groups is 1. The normalized spacial score (nSPS) is 10.7. The van der Waals surface area contributed by atoms with Crippen molar-refractivity contribution in [2.75, 3.05) is 6.61 Å². The van der Waals surface area contributed by atoms with Crippen LogP contribution in [0.25, 0.3) is 22.2 Å². The minimum Gasteiger partial charge on any atom is -0.545 e. The fourth-order valence-electron chi connectivity index (χ4n) is 2.43. The van der Waals surface area contributed by atoms with Crippen molar-refractivity contribution >= 4 is 16.9 Å². The predicted molar refractivity (Wildman–Crippen MR) is 87.3 cm³/mol. The third-order valence-electron chi connectivity index (χ3n) is 3.56. The van der Waals surface area contributed by atoms with Gasteiger partial charge in [0.05, 0.1) is 23.8 Å². The first kappa shape index (κ1) is 15.0. The monoisotopic (exact) mass is 306 g/mol. The number of fused-ring (bicyclic) bond motifs is 1. The zero-order chi connectivity index (χ0) is 16.2. The van der Waals surface area contributed by atoms with Gasteiger partial charge in [0.2, 0.25) is 0 Å². The Labute approximate surface area is 134 Å². The summed E-state index contributed by atoms with van der Waals surface area (Å²) >= 11 is 0. The molecule has 0 N–H and O–H groups in total. The number of ether oxygens (including phenoxy) is 1. The van der Waals surface area contributed by atoms with Gasteiger partial charge in [-0.25, -0.2) is 4.98 Å². The summed E-state index contributed by atoms with van der Waals surface area (Å²) in [6, 6.07) is 16.2. The highest BCUT2D eigenvalue weighted by atomic mass is 16.5. The molecule has 0 unspecified atom stereocenters. The van der Waals surface area contributed by atoms with Crippen molar-refractivity contribution in [1.29, 1.82) is 0 Å². The average Bonchev–Trinajstić information content (AvgIpc) is 2.59. The van der Waals surface area contributed by atoms with Crippen molar-refractivity contribution in [1.82, 2.24) is 4.98 Å². The molecular formula is C19H16NO3-. The number of hydrogen-bond donors (Lipinski definition) is 0. The number of pyridine rings is 1. The molecule has 0 aliphatic rings. The van der Waals surface area contributed by atoms with Gasteiger partial charge in [0.15, 0.2) is 0 Å². The SMILES string of the molecule is CCCOc1ccc(-c2cc(C(=O)[O-])c3ccccc3n2)cc1. The summed E-state index contributed by atoms with van der Waals surface area (Å²) in [6.45, 7) is 2.72. The van der Waals surface area contributed by atoms with E-state index < -0.39 is 5.97 Å². The molecule has 0 aliphatic carbocycles. The quantitative estimate of drug-likeness (QED) is 0.727. The van der Waals surface area contributed by atoms with E-state index in [2.05, 4.69) is 11.9 Å². The Hall–Kier alpha value is -2.88. The molecule has 0 atom stereocenters. The maximum atomic E-state index is 11.4. The number of carboxylic acid groups (broad SMARTS) is 1. The fraction of sp³-hybridized carbons (Fsp3) is 0.158. The molecule has 2 aromatic carbocycles. The molecule has 0 saturated carbocycles. The van der Waals surface area contributed by atoms with Crippen LogP contribution in [0, 0.1) is 0 Å². The van der Waals surface area contributed by atoms with E-state index in [0.717, 1.165) is 17.7 Å². The standard InChI is InChI=1S/C19H17NO3/c1-2-11-23-14-9-7-13(8-10-14)18-12-16(19(21)22)15-5-3-4-6-17(15)20-18/h3-10,12H,2,11H2,1H3,(H,21,22)/p-1. The highest BCUT2D eigenvalue weighted by Gasteiger charge is 2.08. The molecule has 116 valence electrons. The molecular weight excluding hydrogens is 290 g/mol. The van der Waals surface area contributed by atoms with Gasteiger partial charge in [0.1, 0.15) is 5.75 Å². The van der Waals surface area contributed by atoms with Crippen LogP contribution < -0.4 is 9.84 Å². The van der Waals surface area contributed by atoms with Crippen LogP contribution in [0.15, 0.2) is 54.6 Å². The summed E-state index contributed by atoms with van der Waals surface area (Å²) in [5.41, 5.74) is 2.22. The topological polar surface area (TPSA) is 62.2 Å². The Morgan fingerprint density at radius 2 is 1.87 bits per heavy atom. The molecule has 3 rings (SSSR count).